The molecule has 1 heterocycles. The number of sulfone groups is 1. The summed E-state index contributed by atoms with van der Waals surface area (Å²) < 4.78 is 52.4. The van der Waals surface area contributed by atoms with Gasteiger partial charge < -0.3 is 19.9 Å². The Morgan fingerprint density at radius 1 is 0.933 bits per heavy atom. The molecule has 10 heteroatoms. The van der Waals surface area contributed by atoms with Crippen LogP contribution in [0.25, 0.3) is 0 Å². The van der Waals surface area contributed by atoms with Gasteiger partial charge in [-0.1, -0.05) is 60.7 Å². The molecule has 1 aliphatic heterocycles. The van der Waals surface area contributed by atoms with Crippen LogP contribution in [0.2, 0.25) is 0 Å². The average Bonchev–Trinajstić information content (AvgIpc) is 3.47. The molecule has 0 aliphatic carbocycles. The molecule has 1 aliphatic rings. The molecule has 234 valence electrons. The Hall–Kier alpha value is -4.54. The van der Waals surface area contributed by atoms with Crippen LogP contribution >= 0.6 is 0 Å². The van der Waals surface area contributed by atoms with Gasteiger partial charge in [0.25, 0.3) is 5.91 Å². The molecule has 0 saturated carbocycles. The fourth-order valence-corrected chi connectivity index (χ4v) is 6.55. The van der Waals surface area contributed by atoms with E-state index >= 15 is 0 Å². The lowest BCUT2D eigenvalue weighted by Gasteiger charge is -2.30. The Balaban J connectivity index is 1.49. The van der Waals surface area contributed by atoms with Crippen molar-refractivity contribution >= 4 is 21.6 Å². The Morgan fingerprint density at radius 3 is 2.27 bits per heavy atom. The molecule has 0 unspecified atom stereocenters. The fourth-order valence-electron chi connectivity index (χ4n) is 5.16. The molecule has 0 spiro atoms. The molecular formula is C35H35FN2O6S. The van der Waals surface area contributed by atoms with Gasteiger partial charge in [-0.05, 0) is 66.1 Å². The van der Waals surface area contributed by atoms with E-state index in [1.165, 1.54) is 24.3 Å². The molecule has 45 heavy (non-hydrogen) atoms. The summed E-state index contributed by atoms with van der Waals surface area (Å²) in [5.41, 5.74) is 0.492. The number of benzene rings is 4. The smallest absolute Gasteiger partial charge is 0.252 e. The normalized spacial score (nSPS) is 17.7. The Morgan fingerprint density at radius 2 is 1.60 bits per heavy atom. The highest BCUT2D eigenvalue weighted by Crippen LogP contribution is 2.43. The highest BCUT2D eigenvalue weighted by molar-refractivity contribution is 7.91. The number of amides is 1. The van der Waals surface area contributed by atoms with E-state index in [9.17, 15) is 17.6 Å². The van der Waals surface area contributed by atoms with E-state index in [2.05, 4.69) is 5.32 Å². The molecule has 2 N–H and O–H groups in total. The third kappa shape index (κ3) is 7.76. The number of hydrogen-bond acceptors (Lipinski definition) is 7. The van der Waals surface area contributed by atoms with Crippen LogP contribution in [0.1, 0.15) is 35.6 Å². The van der Waals surface area contributed by atoms with E-state index in [1.54, 1.807) is 54.6 Å². The minimum absolute atomic E-state index is 0.0254. The number of ether oxygens (including phenoxy) is 2. The Labute approximate surface area is 262 Å². The lowest BCUT2D eigenvalue weighted by atomic mass is 9.85. The van der Waals surface area contributed by atoms with Gasteiger partial charge in [0, 0.05) is 31.6 Å². The minimum atomic E-state index is -3.77. The van der Waals surface area contributed by atoms with Crippen LogP contribution in [-0.2, 0) is 25.8 Å². The number of aliphatic imine (C=N–C) groups is 1. The molecular weight excluding hydrogens is 595 g/mol. The maximum absolute atomic E-state index is 14.2. The van der Waals surface area contributed by atoms with Crippen LogP contribution in [0, 0.1) is 5.82 Å². The first-order valence-electron chi connectivity index (χ1n) is 14.8. The summed E-state index contributed by atoms with van der Waals surface area (Å²) in [5, 5.41) is 12.0. The topological polar surface area (TPSA) is 114 Å². The summed E-state index contributed by atoms with van der Waals surface area (Å²) in [4.78, 5) is 19.3. The van der Waals surface area contributed by atoms with Gasteiger partial charge in [0.05, 0.1) is 17.3 Å². The number of nitrogens with zero attached hydrogens (tertiary/aromatic N) is 1. The molecule has 2 atom stereocenters. The number of hydrogen-bond donors (Lipinski definition) is 2. The van der Waals surface area contributed by atoms with Crippen LogP contribution in [0.3, 0.4) is 0 Å². The van der Waals surface area contributed by atoms with Gasteiger partial charge in [0.2, 0.25) is 5.90 Å². The molecule has 5 rings (SSSR count). The summed E-state index contributed by atoms with van der Waals surface area (Å²) in [6.07, 6.45) is -0.111. The third-order valence-corrected chi connectivity index (χ3v) is 9.33. The van der Waals surface area contributed by atoms with Crippen LogP contribution in [-0.4, -0.2) is 56.4 Å². The van der Waals surface area contributed by atoms with Crippen molar-refractivity contribution in [3.63, 3.8) is 0 Å². The fraction of sp³-hybridized carbons (Fsp3) is 0.257. The quantitative estimate of drug-likeness (QED) is 0.188. The first-order chi connectivity index (χ1) is 21.8. The first-order valence-corrected chi connectivity index (χ1v) is 16.4. The average molecular weight is 631 g/mol. The first kappa shape index (κ1) is 31.9. The van der Waals surface area contributed by atoms with Crippen molar-refractivity contribution in [3.05, 3.63) is 132 Å². The van der Waals surface area contributed by atoms with E-state index < -0.39 is 27.4 Å². The van der Waals surface area contributed by atoms with Crippen molar-refractivity contribution in [2.24, 2.45) is 4.99 Å². The molecule has 0 fully saturated rings. The van der Waals surface area contributed by atoms with Gasteiger partial charge in [-0.3, -0.25) is 4.79 Å². The van der Waals surface area contributed by atoms with Crippen molar-refractivity contribution < 1.29 is 32.2 Å². The lowest BCUT2D eigenvalue weighted by molar-refractivity contribution is -0.129. The predicted octanol–water partition coefficient (Wildman–Crippen LogP) is 5.07. The van der Waals surface area contributed by atoms with E-state index in [0.717, 1.165) is 5.56 Å². The van der Waals surface area contributed by atoms with Gasteiger partial charge >= 0.3 is 0 Å². The number of aliphatic hydroxyl groups excluding tert-OH is 1. The van der Waals surface area contributed by atoms with Gasteiger partial charge in [-0.2, -0.15) is 0 Å². The highest BCUT2D eigenvalue weighted by Gasteiger charge is 2.53. The van der Waals surface area contributed by atoms with Gasteiger partial charge in [0.1, 0.15) is 11.6 Å². The van der Waals surface area contributed by atoms with Crippen LogP contribution < -0.4 is 10.1 Å². The summed E-state index contributed by atoms with van der Waals surface area (Å²) in [7, 11) is -3.77. The van der Waals surface area contributed by atoms with E-state index in [-0.39, 0.29) is 41.9 Å². The van der Waals surface area contributed by atoms with Crippen molar-refractivity contribution in [1.82, 2.24) is 5.32 Å². The number of rotatable bonds is 14. The van der Waals surface area contributed by atoms with Crippen molar-refractivity contribution in [1.29, 1.82) is 0 Å². The second-order valence-corrected chi connectivity index (χ2v) is 12.8. The summed E-state index contributed by atoms with van der Waals surface area (Å²) in [5.74, 6) is -0.355. The van der Waals surface area contributed by atoms with Crippen LogP contribution in [0.5, 0.6) is 5.75 Å². The van der Waals surface area contributed by atoms with Crippen LogP contribution in [0.4, 0.5) is 4.39 Å². The molecule has 1 amide bonds. The monoisotopic (exact) mass is 630 g/mol. The van der Waals surface area contributed by atoms with Crippen molar-refractivity contribution in [2.75, 3.05) is 25.5 Å². The number of aliphatic hydroxyl groups is 1. The van der Waals surface area contributed by atoms with E-state index in [4.69, 9.17) is 19.6 Å². The number of carbonyl (C=O) groups is 1. The Kier molecular flexibility index (Phi) is 10.3. The number of nitrogens with one attached hydrogen (secondary N) is 1. The summed E-state index contributed by atoms with van der Waals surface area (Å²) in [6, 6.07) is 30.3. The molecule has 4 aromatic carbocycles. The largest absolute Gasteiger partial charge is 0.494 e. The molecule has 0 saturated heterocycles. The lowest BCUT2D eigenvalue weighted by Crippen LogP contribution is -2.49. The SMILES string of the molecule is O=C(NCCc1ccc(F)cc1)[C@]1(CCS(=O)(=O)c2ccccc2)N=C(c2ccc(OCCCO)cc2)O[C@@H]1c1ccccc1. The van der Waals surface area contributed by atoms with Gasteiger partial charge in [0.15, 0.2) is 21.5 Å². The van der Waals surface area contributed by atoms with Gasteiger partial charge in [-0.25, -0.2) is 17.8 Å². The standard InChI is InChI=1S/C35H35FN2O6S/c36-29-16-12-26(13-17-29)20-22-37-34(40)35(21-25-45(41,42)31-10-5-2-6-11-31)32(27-8-3-1-4-9-27)44-33(38-35)28-14-18-30(19-15-28)43-24-7-23-39/h1-6,8-19,32,39H,7,20-25H2,(H,37,40)/t32-,35-/m1/s1. The maximum atomic E-state index is 14.2. The van der Waals surface area contributed by atoms with Crippen molar-refractivity contribution in [2.45, 2.75) is 35.8 Å². The zero-order valence-electron chi connectivity index (χ0n) is 24.6. The number of halogens is 1. The van der Waals surface area contributed by atoms with E-state index in [1.807, 2.05) is 30.3 Å². The maximum Gasteiger partial charge on any atom is 0.252 e. The zero-order chi connectivity index (χ0) is 31.7. The molecule has 0 aromatic heterocycles. The molecule has 0 bridgehead atoms. The Bertz CT molecular complexity index is 1700. The summed E-state index contributed by atoms with van der Waals surface area (Å²) >= 11 is 0. The second-order valence-electron chi connectivity index (χ2n) is 10.7. The third-order valence-electron chi connectivity index (χ3n) is 7.60. The molecule has 4 aromatic rings. The van der Waals surface area contributed by atoms with Gasteiger partial charge in [-0.15, -0.1) is 0 Å². The summed E-state index contributed by atoms with van der Waals surface area (Å²) in [6.45, 7) is 0.613. The highest BCUT2D eigenvalue weighted by atomic mass is 32.2. The van der Waals surface area contributed by atoms with Crippen LogP contribution in [0.15, 0.2) is 119 Å². The predicted molar refractivity (Wildman–Crippen MR) is 169 cm³/mol. The zero-order valence-corrected chi connectivity index (χ0v) is 25.5. The van der Waals surface area contributed by atoms with E-state index in [0.29, 0.717) is 36.3 Å². The number of carbonyl (C=O) groups excluding carboxylic acids is 1. The molecule has 0 radical (unpaired) electrons. The van der Waals surface area contributed by atoms with Crippen molar-refractivity contribution in [3.8, 4) is 5.75 Å². The molecule has 8 nitrogen and oxygen atoms in total. The second kappa shape index (κ2) is 14.5. The minimum Gasteiger partial charge on any atom is -0.494 e.